The van der Waals surface area contributed by atoms with Crippen LogP contribution in [0.5, 0.6) is 0 Å². The number of nitro groups is 1. The quantitative estimate of drug-likeness (QED) is 0.665. The lowest BCUT2D eigenvalue weighted by Gasteiger charge is -2.08. The van der Waals surface area contributed by atoms with Crippen LogP contribution in [0.15, 0.2) is 36.7 Å². The maximum Gasteiger partial charge on any atom is 0.305 e. The second-order valence-corrected chi connectivity index (χ2v) is 4.02. The van der Waals surface area contributed by atoms with E-state index < -0.39 is 16.6 Å². The molecule has 0 unspecified atom stereocenters. The van der Waals surface area contributed by atoms with Gasteiger partial charge in [-0.05, 0) is 18.2 Å². The van der Waals surface area contributed by atoms with Crippen molar-refractivity contribution in [3.63, 3.8) is 0 Å². The molecule has 1 aromatic carbocycles. The number of para-hydroxylation sites is 1. The summed E-state index contributed by atoms with van der Waals surface area (Å²) in [7, 11) is 1.51. The molecule has 1 amide bonds. The highest BCUT2D eigenvalue weighted by Crippen LogP contribution is 2.29. The van der Waals surface area contributed by atoms with Gasteiger partial charge in [-0.25, -0.2) is 4.39 Å². The number of carbonyl (C=O) groups excluding carboxylic acids is 1. The molecule has 0 bridgehead atoms. The Balaban J connectivity index is 2.40. The van der Waals surface area contributed by atoms with E-state index in [4.69, 9.17) is 0 Å². The van der Waals surface area contributed by atoms with Crippen molar-refractivity contribution in [2.45, 2.75) is 0 Å². The summed E-state index contributed by atoms with van der Waals surface area (Å²) in [6, 6.07) is 5.53. The van der Waals surface area contributed by atoms with Crippen LogP contribution in [-0.2, 0) is 0 Å². The van der Waals surface area contributed by atoms with Gasteiger partial charge in [0.15, 0.2) is 5.82 Å². The van der Waals surface area contributed by atoms with Crippen molar-refractivity contribution in [2.24, 2.45) is 0 Å². The summed E-state index contributed by atoms with van der Waals surface area (Å²) in [5.74, 6) is -1.50. The van der Waals surface area contributed by atoms with Gasteiger partial charge in [0.25, 0.3) is 5.91 Å². The molecule has 1 aromatic heterocycles. The summed E-state index contributed by atoms with van der Waals surface area (Å²) in [6.45, 7) is 0. The monoisotopic (exact) mass is 290 g/mol. The van der Waals surface area contributed by atoms with E-state index in [2.05, 4.69) is 15.6 Å². The van der Waals surface area contributed by atoms with Crippen LogP contribution >= 0.6 is 0 Å². The third-order valence-electron chi connectivity index (χ3n) is 2.75. The van der Waals surface area contributed by atoms with Crippen LogP contribution in [0, 0.1) is 15.9 Å². The van der Waals surface area contributed by atoms with Crippen LogP contribution in [0.2, 0.25) is 0 Å². The van der Waals surface area contributed by atoms with Crippen LogP contribution in [0.1, 0.15) is 10.4 Å². The number of hydrogen-bond acceptors (Lipinski definition) is 5. The molecule has 0 saturated carbocycles. The maximum absolute atomic E-state index is 13.4. The number of nitrogens with zero attached hydrogens (tertiary/aromatic N) is 2. The average Bonchev–Trinajstić information content (AvgIpc) is 2.48. The fourth-order valence-corrected chi connectivity index (χ4v) is 1.79. The number of benzene rings is 1. The minimum absolute atomic E-state index is 0.0980. The maximum atomic E-state index is 13.4. The molecule has 7 nitrogen and oxygen atoms in total. The van der Waals surface area contributed by atoms with Crippen molar-refractivity contribution in [3.8, 4) is 0 Å². The first-order valence-corrected chi connectivity index (χ1v) is 5.90. The van der Waals surface area contributed by atoms with Gasteiger partial charge < -0.3 is 10.6 Å². The zero-order chi connectivity index (χ0) is 15.4. The predicted molar refractivity (Wildman–Crippen MR) is 74.8 cm³/mol. The molecule has 0 fully saturated rings. The number of pyridine rings is 1. The number of aromatic nitrogens is 1. The van der Waals surface area contributed by atoms with Gasteiger partial charge in [0.2, 0.25) is 0 Å². The van der Waals surface area contributed by atoms with Crippen LogP contribution < -0.4 is 10.6 Å². The number of carbonyl (C=O) groups is 1. The summed E-state index contributed by atoms with van der Waals surface area (Å²) in [6.07, 6.45) is 2.24. The molecule has 0 aliphatic heterocycles. The fourth-order valence-electron chi connectivity index (χ4n) is 1.79. The lowest BCUT2D eigenvalue weighted by Crippen LogP contribution is -2.15. The SMILES string of the molecule is CNc1cccc(C(=O)Nc2ccncc2F)c1[N+](=O)[O-]. The molecular formula is C13H11FN4O3. The molecule has 2 aromatic rings. The average molecular weight is 290 g/mol. The van der Waals surface area contributed by atoms with E-state index >= 15 is 0 Å². The Kier molecular flexibility index (Phi) is 4.07. The third kappa shape index (κ3) is 2.94. The van der Waals surface area contributed by atoms with Crippen molar-refractivity contribution < 1.29 is 14.1 Å². The number of halogens is 1. The largest absolute Gasteiger partial charge is 0.383 e. The van der Waals surface area contributed by atoms with Crippen LogP contribution in [0.3, 0.4) is 0 Å². The highest BCUT2D eigenvalue weighted by Gasteiger charge is 2.24. The normalized spacial score (nSPS) is 10.0. The Hall–Kier alpha value is -3.03. The summed E-state index contributed by atoms with van der Waals surface area (Å²) in [4.78, 5) is 26.1. The Morgan fingerprint density at radius 3 is 2.71 bits per heavy atom. The van der Waals surface area contributed by atoms with Crippen molar-refractivity contribution in [3.05, 3.63) is 58.2 Å². The van der Waals surface area contributed by atoms with Crippen molar-refractivity contribution in [1.29, 1.82) is 0 Å². The van der Waals surface area contributed by atoms with Gasteiger partial charge in [0.05, 0.1) is 16.8 Å². The number of nitrogens with one attached hydrogen (secondary N) is 2. The molecule has 0 atom stereocenters. The topological polar surface area (TPSA) is 97.2 Å². The van der Waals surface area contributed by atoms with Gasteiger partial charge in [-0.15, -0.1) is 0 Å². The molecule has 1 heterocycles. The highest BCUT2D eigenvalue weighted by atomic mass is 19.1. The molecule has 21 heavy (non-hydrogen) atoms. The van der Waals surface area contributed by atoms with Gasteiger partial charge in [-0.3, -0.25) is 19.9 Å². The molecule has 8 heteroatoms. The molecule has 0 spiro atoms. The minimum Gasteiger partial charge on any atom is -0.383 e. The van der Waals surface area contributed by atoms with E-state index in [0.717, 1.165) is 6.20 Å². The second-order valence-electron chi connectivity index (χ2n) is 4.02. The molecule has 0 radical (unpaired) electrons. The minimum atomic E-state index is -0.774. The van der Waals surface area contributed by atoms with E-state index in [1.165, 1.54) is 37.5 Å². The van der Waals surface area contributed by atoms with Gasteiger partial charge >= 0.3 is 5.69 Å². The first kappa shape index (κ1) is 14.4. The van der Waals surface area contributed by atoms with E-state index in [1.807, 2.05) is 0 Å². The molecule has 2 rings (SSSR count). The first-order chi connectivity index (χ1) is 10.0. The Morgan fingerprint density at radius 2 is 2.10 bits per heavy atom. The Morgan fingerprint density at radius 1 is 1.33 bits per heavy atom. The fraction of sp³-hybridized carbons (Fsp3) is 0.0769. The van der Waals surface area contributed by atoms with Gasteiger partial charge in [0, 0.05) is 13.2 Å². The molecular weight excluding hydrogens is 279 g/mol. The summed E-state index contributed by atoms with van der Waals surface area (Å²) in [5.41, 5.74) is -0.433. The highest BCUT2D eigenvalue weighted by molar-refractivity contribution is 6.08. The van der Waals surface area contributed by atoms with E-state index in [0.29, 0.717) is 0 Å². The first-order valence-electron chi connectivity index (χ1n) is 5.90. The molecule has 0 aliphatic carbocycles. The molecule has 108 valence electrons. The lowest BCUT2D eigenvalue weighted by molar-refractivity contribution is -0.384. The second kappa shape index (κ2) is 5.95. The lowest BCUT2D eigenvalue weighted by atomic mass is 10.1. The van der Waals surface area contributed by atoms with E-state index in [-0.39, 0.29) is 22.6 Å². The number of anilines is 2. The summed E-state index contributed by atoms with van der Waals surface area (Å²) < 4.78 is 13.4. The van der Waals surface area contributed by atoms with E-state index in [1.54, 1.807) is 0 Å². The standard InChI is InChI=1S/C13H11FN4O3/c1-15-11-4-2-3-8(12(11)18(20)21)13(19)17-10-5-6-16-7-9(10)14/h2-7,15H,1H3,(H,16,17,19). The van der Waals surface area contributed by atoms with Gasteiger partial charge in [-0.2, -0.15) is 0 Å². The zero-order valence-corrected chi connectivity index (χ0v) is 11.0. The Bertz CT molecular complexity index is 706. The van der Waals surface area contributed by atoms with Crippen LogP contribution in [0.4, 0.5) is 21.5 Å². The van der Waals surface area contributed by atoms with Crippen molar-refractivity contribution >= 4 is 23.0 Å². The van der Waals surface area contributed by atoms with E-state index in [9.17, 15) is 19.3 Å². The number of rotatable bonds is 4. The zero-order valence-electron chi connectivity index (χ0n) is 11.0. The van der Waals surface area contributed by atoms with Crippen LogP contribution in [0.25, 0.3) is 0 Å². The smallest absolute Gasteiger partial charge is 0.305 e. The summed E-state index contributed by atoms with van der Waals surface area (Å²) >= 11 is 0. The van der Waals surface area contributed by atoms with Crippen molar-refractivity contribution in [1.82, 2.24) is 4.98 Å². The Labute approximate surface area is 119 Å². The van der Waals surface area contributed by atoms with Crippen LogP contribution in [-0.4, -0.2) is 22.9 Å². The molecule has 0 saturated heterocycles. The van der Waals surface area contributed by atoms with Gasteiger partial charge in [-0.1, -0.05) is 6.07 Å². The number of nitro benzene ring substituents is 1. The molecule has 2 N–H and O–H groups in total. The van der Waals surface area contributed by atoms with Crippen molar-refractivity contribution in [2.75, 3.05) is 17.7 Å². The molecule has 0 aliphatic rings. The van der Waals surface area contributed by atoms with Gasteiger partial charge in [0.1, 0.15) is 11.3 Å². The summed E-state index contributed by atoms with van der Waals surface area (Å²) in [5, 5.41) is 16.1. The number of hydrogen-bond donors (Lipinski definition) is 2. The predicted octanol–water partition coefficient (Wildman–Crippen LogP) is 2.42. The third-order valence-corrected chi connectivity index (χ3v) is 2.75. The number of amides is 1.